The second kappa shape index (κ2) is 8.12. The van der Waals surface area contributed by atoms with Gasteiger partial charge in [0.25, 0.3) is 5.91 Å². The van der Waals surface area contributed by atoms with E-state index in [9.17, 15) is 13.2 Å². The molecule has 1 fully saturated rings. The third kappa shape index (κ3) is 4.90. The summed E-state index contributed by atoms with van der Waals surface area (Å²) in [6, 6.07) is 9.93. The minimum absolute atomic E-state index is 0.109. The topological polar surface area (TPSA) is 75.3 Å². The minimum atomic E-state index is -3.65. The molecule has 25 heavy (non-hydrogen) atoms. The van der Waals surface area contributed by atoms with Gasteiger partial charge in [0.05, 0.1) is 4.90 Å². The predicted molar refractivity (Wildman–Crippen MR) is 99.1 cm³/mol. The maximum atomic E-state index is 12.4. The van der Waals surface area contributed by atoms with Crippen molar-refractivity contribution in [2.24, 2.45) is 5.92 Å². The predicted octanol–water partition coefficient (Wildman–Crippen LogP) is 3.15. The lowest BCUT2D eigenvalue weighted by atomic mass is 10.1. The Balaban J connectivity index is 1.64. The molecule has 0 spiro atoms. The van der Waals surface area contributed by atoms with Crippen molar-refractivity contribution < 1.29 is 13.2 Å². The fourth-order valence-corrected chi connectivity index (χ4v) is 4.81. The second-order valence-corrected chi connectivity index (χ2v) is 9.09. The highest BCUT2D eigenvalue weighted by atomic mass is 32.2. The van der Waals surface area contributed by atoms with Crippen molar-refractivity contribution in [1.29, 1.82) is 0 Å². The van der Waals surface area contributed by atoms with E-state index in [2.05, 4.69) is 10.0 Å². The fraction of sp³-hybridized carbons (Fsp3) is 0.389. The van der Waals surface area contributed by atoms with Crippen LogP contribution in [0.1, 0.15) is 40.9 Å². The van der Waals surface area contributed by atoms with Crippen molar-refractivity contribution in [3.05, 3.63) is 52.2 Å². The molecular weight excluding hydrogens is 356 g/mol. The van der Waals surface area contributed by atoms with Crippen molar-refractivity contribution in [2.45, 2.75) is 37.1 Å². The molecular formula is C18H22N2O3S2. The third-order valence-corrected chi connectivity index (χ3v) is 6.72. The lowest BCUT2D eigenvalue weighted by Crippen LogP contribution is -2.29. The van der Waals surface area contributed by atoms with Gasteiger partial charge in [0.15, 0.2) is 0 Å². The van der Waals surface area contributed by atoms with E-state index in [0.29, 0.717) is 18.0 Å². The summed E-state index contributed by atoms with van der Waals surface area (Å²) in [6.45, 7) is 0.907. The maximum absolute atomic E-state index is 12.4. The van der Waals surface area contributed by atoms with Crippen molar-refractivity contribution in [2.75, 3.05) is 6.54 Å². The van der Waals surface area contributed by atoms with E-state index >= 15 is 0 Å². The molecule has 0 aliphatic heterocycles. The van der Waals surface area contributed by atoms with Gasteiger partial charge in [0.2, 0.25) is 10.0 Å². The van der Waals surface area contributed by atoms with Gasteiger partial charge in [-0.25, -0.2) is 13.1 Å². The monoisotopic (exact) mass is 378 g/mol. The number of benzene rings is 1. The van der Waals surface area contributed by atoms with Gasteiger partial charge in [-0.3, -0.25) is 4.79 Å². The average Bonchev–Trinajstić information content (AvgIpc) is 3.31. The molecule has 0 unspecified atom stereocenters. The van der Waals surface area contributed by atoms with Crippen molar-refractivity contribution in [1.82, 2.24) is 10.0 Å². The molecule has 1 aromatic carbocycles. The van der Waals surface area contributed by atoms with Crippen LogP contribution in [-0.4, -0.2) is 20.9 Å². The van der Waals surface area contributed by atoms with E-state index in [1.807, 2.05) is 17.5 Å². The Morgan fingerprint density at radius 3 is 2.68 bits per heavy atom. The highest BCUT2D eigenvalue weighted by Crippen LogP contribution is 2.23. The van der Waals surface area contributed by atoms with Gasteiger partial charge in [0.1, 0.15) is 0 Å². The molecule has 1 amide bonds. The summed E-state index contributed by atoms with van der Waals surface area (Å²) < 4.78 is 27.4. The molecule has 134 valence electrons. The van der Waals surface area contributed by atoms with Crippen LogP contribution in [0, 0.1) is 5.92 Å². The molecule has 1 heterocycles. The molecule has 0 atom stereocenters. The van der Waals surface area contributed by atoms with E-state index in [1.54, 1.807) is 12.1 Å². The maximum Gasteiger partial charge on any atom is 0.251 e. The third-order valence-electron chi connectivity index (χ3n) is 4.45. The minimum Gasteiger partial charge on any atom is -0.352 e. The number of rotatable bonds is 7. The first-order valence-electron chi connectivity index (χ1n) is 8.45. The molecule has 3 rings (SSSR count). The standard InChI is InChI=1S/C18H22N2O3S2/c21-18(19-12-14-5-1-2-6-14)15-7-3-9-17(11-15)25(22,23)20-13-16-8-4-10-24-16/h3-4,7-11,14,20H,1-2,5-6,12-13H2,(H,19,21). The first-order chi connectivity index (χ1) is 12.0. The molecule has 2 aromatic rings. The van der Waals surface area contributed by atoms with Crippen molar-refractivity contribution in [3.63, 3.8) is 0 Å². The van der Waals surface area contributed by atoms with Crippen LogP contribution in [0.2, 0.25) is 0 Å². The molecule has 0 saturated heterocycles. The normalized spacial score (nSPS) is 15.4. The zero-order valence-corrected chi connectivity index (χ0v) is 15.5. The second-order valence-electron chi connectivity index (χ2n) is 6.29. The molecule has 0 bridgehead atoms. The molecule has 0 radical (unpaired) electrons. The molecule has 2 N–H and O–H groups in total. The van der Waals surface area contributed by atoms with Crippen LogP contribution in [0.4, 0.5) is 0 Å². The first kappa shape index (κ1) is 18.1. The van der Waals surface area contributed by atoms with Crippen LogP contribution >= 0.6 is 11.3 Å². The Morgan fingerprint density at radius 1 is 1.16 bits per heavy atom. The molecule has 1 aliphatic carbocycles. The molecule has 1 saturated carbocycles. The fourth-order valence-electron chi connectivity index (χ4n) is 3.02. The average molecular weight is 379 g/mol. The zero-order chi connectivity index (χ0) is 17.7. The number of hydrogen-bond acceptors (Lipinski definition) is 4. The van der Waals surface area contributed by atoms with Crippen molar-refractivity contribution >= 4 is 27.3 Å². The lowest BCUT2D eigenvalue weighted by molar-refractivity contribution is 0.0947. The summed E-state index contributed by atoms with van der Waals surface area (Å²) in [6.07, 6.45) is 4.76. The zero-order valence-electron chi connectivity index (χ0n) is 13.9. The number of carbonyl (C=O) groups excluding carboxylic acids is 1. The van der Waals surface area contributed by atoms with Crippen LogP contribution in [0.3, 0.4) is 0 Å². The number of amides is 1. The molecule has 1 aliphatic rings. The van der Waals surface area contributed by atoms with E-state index in [0.717, 1.165) is 17.7 Å². The van der Waals surface area contributed by atoms with Gasteiger partial charge in [0, 0.05) is 23.5 Å². The quantitative estimate of drug-likeness (QED) is 0.777. The summed E-state index contributed by atoms with van der Waals surface area (Å²) in [5.74, 6) is 0.325. The Kier molecular flexibility index (Phi) is 5.88. The van der Waals surface area contributed by atoms with E-state index in [-0.39, 0.29) is 17.3 Å². The molecule has 5 nitrogen and oxygen atoms in total. The van der Waals surface area contributed by atoms with E-state index < -0.39 is 10.0 Å². The van der Waals surface area contributed by atoms with Gasteiger partial charge in [-0.1, -0.05) is 25.0 Å². The van der Waals surface area contributed by atoms with Crippen LogP contribution in [0.25, 0.3) is 0 Å². The summed E-state index contributed by atoms with van der Waals surface area (Å²) in [4.78, 5) is 13.3. The van der Waals surface area contributed by atoms with Crippen LogP contribution < -0.4 is 10.0 Å². The van der Waals surface area contributed by atoms with Gasteiger partial charge in [-0.15, -0.1) is 11.3 Å². The Labute approximate surface area is 152 Å². The SMILES string of the molecule is O=C(NCC1CCCC1)c1cccc(S(=O)(=O)NCc2cccs2)c1. The number of hydrogen-bond donors (Lipinski definition) is 2. The summed E-state index contributed by atoms with van der Waals surface area (Å²) in [7, 11) is -3.65. The van der Waals surface area contributed by atoms with E-state index in [4.69, 9.17) is 0 Å². The number of carbonyl (C=O) groups is 1. The summed E-state index contributed by atoms with van der Waals surface area (Å²) in [5.41, 5.74) is 0.372. The van der Waals surface area contributed by atoms with Crippen LogP contribution in [0.15, 0.2) is 46.7 Å². The first-order valence-corrected chi connectivity index (χ1v) is 10.8. The lowest BCUT2D eigenvalue weighted by Gasteiger charge is -2.11. The van der Waals surface area contributed by atoms with Gasteiger partial charge in [-0.05, 0) is 48.4 Å². The van der Waals surface area contributed by atoms with Gasteiger partial charge >= 0.3 is 0 Å². The summed E-state index contributed by atoms with van der Waals surface area (Å²) >= 11 is 1.49. The molecule has 1 aromatic heterocycles. The number of thiophene rings is 1. The molecule has 7 heteroatoms. The Hall–Kier alpha value is -1.70. The Bertz CT molecular complexity index is 811. The number of sulfonamides is 1. The van der Waals surface area contributed by atoms with Gasteiger partial charge < -0.3 is 5.32 Å². The van der Waals surface area contributed by atoms with Crippen LogP contribution in [0.5, 0.6) is 0 Å². The summed E-state index contributed by atoms with van der Waals surface area (Å²) in [5, 5.41) is 4.82. The highest BCUT2D eigenvalue weighted by Gasteiger charge is 2.18. The van der Waals surface area contributed by atoms with Crippen LogP contribution in [-0.2, 0) is 16.6 Å². The van der Waals surface area contributed by atoms with Gasteiger partial charge in [-0.2, -0.15) is 0 Å². The highest BCUT2D eigenvalue weighted by molar-refractivity contribution is 7.89. The van der Waals surface area contributed by atoms with E-state index in [1.165, 1.54) is 36.3 Å². The smallest absolute Gasteiger partial charge is 0.251 e. The number of nitrogens with one attached hydrogen (secondary N) is 2. The largest absolute Gasteiger partial charge is 0.352 e. The van der Waals surface area contributed by atoms with Crippen molar-refractivity contribution in [3.8, 4) is 0 Å². The Morgan fingerprint density at radius 2 is 1.96 bits per heavy atom.